The van der Waals surface area contributed by atoms with Crippen LogP contribution in [0.3, 0.4) is 0 Å². The van der Waals surface area contributed by atoms with Crippen LogP contribution in [-0.2, 0) is 9.59 Å². The van der Waals surface area contributed by atoms with Crippen molar-refractivity contribution in [2.24, 2.45) is 5.92 Å². The SMILES string of the molecule is CC1CCC2(CC1)NC(=O)N(NC(=O)CN1CCN(c3ccc(Cl)cc3[N+](=O)[O-])CC1)C2=O. The maximum absolute atomic E-state index is 12.9. The van der Waals surface area contributed by atoms with E-state index in [2.05, 4.69) is 17.7 Å². The Balaban J connectivity index is 1.31. The van der Waals surface area contributed by atoms with Crippen LogP contribution < -0.4 is 15.6 Å². The van der Waals surface area contributed by atoms with Crippen molar-refractivity contribution >= 4 is 40.8 Å². The van der Waals surface area contributed by atoms with E-state index in [4.69, 9.17) is 11.6 Å². The van der Waals surface area contributed by atoms with Gasteiger partial charge in [0.2, 0.25) is 0 Å². The molecule has 2 heterocycles. The highest BCUT2D eigenvalue weighted by molar-refractivity contribution is 6.30. The first kappa shape index (κ1) is 23.2. The van der Waals surface area contributed by atoms with Crippen molar-refractivity contribution in [3.63, 3.8) is 0 Å². The Kier molecular flexibility index (Phi) is 6.44. The predicted molar refractivity (Wildman–Crippen MR) is 121 cm³/mol. The maximum atomic E-state index is 12.9. The molecule has 0 unspecified atom stereocenters. The second-order valence-electron chi connectivity index (χ2n) is 9.02. The number of hydrogen-bond acceptors (Lipinski definition) is 7. The first-order valence-electron chi connectivity index (χ1n) is 11.1. The molecule has 1 aliphatic carbocycles. The molecule has 1 saturated carbocycles. The Hall–Kier alpha value is -2.92. The summed E-state index contributed by atoms with van der Waals surface area (Å²) in [5.74, 6) is -0.338. The van der Waals surface area contributed by atoms with Crippen molar-refractivity contribution in [1.29, 1.82) is 0 Å². The van der Waals surface area contributed by atoms with Crippen molar-refractivity contribution in [3.05, 3.63) is 33.3 Å². The highest BCUT2D eigenvalue weighted by Gasteiger charge is 2.52. The van der Waals surface area contributed by atoms with Crippen LogP contribution in [-0.4, -0.2) is 70.9 Å². The topological polar surface area (TPSA) is 128 Å². The Morgan fingerprint density at radius 2 is 1.91 bits per heavy atom. The summed E-state index contributed by atoms with van der Waals surface area (Å²) in [6, 6.07) is 3.97. The summed E-state index contributed by atoms with van der Waals surface area (Å²) >= 11 is 5.89. The van der Waals surface area contributed by atoms with Crippen molar-refractivity contribution in [2.45, 2.75) is 38.1 Å². The van der Waals surface area contributed by atoms with Crippen LogP contribution in [0.4, 0.5) is 16.2 Å². The van der Waals surface area contributed by atoms with Gasteiger partial charge in [-0.05, 0) is 43.7 Å². The van der Waals surface area contributed by atoms with E-state index in [0.717, 1.165) is 17.9 Å². The third-order valence-electron chi connectivity index (χ3n) is 6.74. The minimum absolute atomic E-state index is 0.0116. The molecule has 1 spiro atoms. The zero-order valence-corrected chi connectivity index (χ0v) is 19.1. The highest BCUT2D eigenvalue weighted by Crippen LogP contribution is 2.36. The summed E-state index contributed by atoms with van der Waals surface area (Å²) in [6.45, 7) is 4.10. The van der Waals surface area contributed by atoms with Crippen molar-refractivity contribution in [2.75, 3.05) is 37.6 Å². The smallest absolute Gasteiger partial charge is 0.344 e. The zero-order valence-electron chi connectivity index (χ0n) is 18.4. The number of carbonyl (C=O) groups is 3. The summed E-state index contributed by atoms with van der Waals surface area (Å²) in [5.41, 5.74) is 1.98. The predicted octanol–water partition coefficient (Wildman–Crippen LogP) is 1.90. The molecule has 0 aromatic heterocycles. The Labute approximate surface area is 196 Å². The zero-order chi connectivity index (χ0) is 23.8. The number of urea groups is 1. The van der Waals surface area contributed by atoms with Gasteiger partial charge in [-0.25, -0.2) is 4.79 Å². The molecule has 1 aromatic carbocycles. The first-order valence-corrected chi connectivity index (χ1v) is 11.4. The first-order chi connectivity index (χ1) is 15.7. The van der Waals surface area contributed by atoms with E-state index < -0.39 is 28.3 Å². The fraction of sp³-hybridized carbons (Fsp3) is 0.571. The number of amides is 4. The van der Waals surface area contributed by atoms with Crippen LogP contribution in [0, 0.1) is 16.0 Å². The van der Waals surface area contributed by atoms with Gasteiger partial charge in [0.15, 0.2) is 0 Å². The number of nitro groups is 1. The number of halogens is 1. The number of imide groups is 1. The maximum Gasteiger partial charge on any atom is 0.344 e. The minimum Gasteiger partial charge on any atom is -0.363 e. The van der Waals surface area contributed by atoms with E-state index >= 15 is 0 Å². The second kappa shape index (κ2) is 9.14. The summed E-state index contributed by atoms with van der Waals surface area (Å²) in [7, 11) is 0. The van der Waals surface area contributed by atoms with Gasteiger partial charge in [-0.1, -0.05) is 18.5 Å². The number of anilines is 1. The molecule has 0 atom stereocenters. The summed E-state index contributed by atoms with van der Waals surface area (Å²) in [5, 5.41) is 15.3. The Morgan fingerprint density at radius 3 is 2.55 bits per heavy atom. The molecule has 33 heavy (non-hydrogen) atoms. The molecule has 3 aliphatic rings. The number of rotatable bonds is 5. The van der Waals surface area contributed by atoms with Crippen LogP contribution in [0.15, 0.2) is 18.2 Å². The number of benzene rings is 1. The monoisotopic (exact) mass is 478 g/mol. The molecule has 3 fully saturated rings. The molecule has 1 aromatic rings. The molecular weight excluding hydrogens is 452 g/mol. The Bertz CT molecular complexity index is 972. The van der Waals surface area contributed by atoms with Gasteiger partial charge in [0.05, 0.1) is 11.5 Å². The average molecular weight is 479 g/mol. The molecule has 2 aliphatic heterocycles. The van der Waals surface area contributed by atoms with Crippen LogP contribution in [0.5, 0.6) is 0 Å². The summed E-state index contributed by atoms with van der Waals surface area (Å²) < 4.78 is 0. The molecule has 4 rings (SSSR count). The van der Waals surface area contributed by atoms with Crippen LogP contribution >= 0.6 is 11.6 Å². The lowest BCUT2D eigenvalue weighted by atomic mass is 9.77. The van der Waals surface area contributed by atoms with Gasteiger partial charge in [-0.15, -0.1) is 0 Å². The lowest BCUT2D eigenvalue weighted by Gasteiger charge is -2.35. The van der Waals surface area contributed by atoms with E-state index in [1.807, 2.05) is 9.80 Å². The number of hydrogen-bond donors (Lipinski definition) is 2. The van der Waals surface area contributed by atoms with E-state index in [1.54, 1.807) is 12.1 Å². The lowest BCUT2D eigenvalue weighted by Crippen LogP contribution is -2.54. The third kappa shape index (κ3) is 4.74. The molecular formula is C21H27ClN6O5. The van der Waals surface area contributed by atoms with E-state index in [1.165, 1.54) is 6.07 Å². The van der Waals surface area contributed by atoms with E-state index in [0.29, 0.717) is 55.6 Å². The van der Waals surface area contributed by atoms with Crippen LogP contribution in [0.25, 0.3) is 0 Å². The van der Waals surface area contributed by atoms with Gasteiger partial charge in [0, 0.05) is 37.3 Å². The van der Waals surface area contributed by atoms with Gasteiger partial charge in [0.25, 0.3) is 17.5 Å². The van der Waals surface area contributed by atoms with Crippen molar-refractivity contribution in [3.8, 4) is 0 Å². The normalized spacial score (nSPS) is 25.9. The standard InChI is InChI=1S/C21H27ClN6O5/c1-14-4-6-21(7-5-14)19(30)27(20(31)23-21)24-18(29)13-25-8-10-26(11-9-25)16-3-2-15(22)12-17(16)28(32)33/h2-3,12,14H,4-11,13H2,1H3,(H,23,31)(H,24,29). The molecule has 0 bridgehead atoms. The van der Waals surface area contributed by atoms with Crippen LogP contribution in [0.2, 0.25) is 5.02 Å². The number of carbonyl (C=O) groups excluding carboxylic acids is 3. The number of nitrogens with one attached hydrogen (secondary N) is 2. The summed E-state index contributed by atoms with van der Waals surface area (Å²) in [6.07, 6.45) is 2.85. The number of hydrazine groups is 1. The minimum atomic E-state index is -0.907. The molecule has 12 heteroatoms. The molecule has 2 saturated heterocycles. The largest absolute Gasteiger partial charge is 0.363 e. The van der Waals surface area contributed by atoms with E-state index in [9.17, 15) is 24.5 Å². The van der Waals surface area contributed by atoms with Gasteiger partial charge < -0.3 is 10.2 Å². The molecule has 11 nitrogen and oxygen atoms in total. The number of nitrogens with zero attached hydrogens (tertiary/aromatic N) is 4. The quantitative estimate of drug-likeness (QED) is 0.375. The van der Waals surface area contributed by atoms with Crippen LogP contribution in [0.1, 0.15) is 32.6 Å². The number of nitro benzene ring substituents is 1. The van der Waals surface area contributed by atoms with Gasteiger partial charge in [-0.3, -0.25) is 30.0 Å². The molecule has 178 valence electrons. The molecule has 4 amide bonds. The highest BCUT2D eigenvalue weighted by atomic mass is 35.5. The van der Waals surface area contributed by atoms with Gasteiger partial charge in [0.1, 0.15) is 11.2 Å². The third-order valence-corrected chi connectivity index (χ3v) is 6.98. The van der Waals surface area contributed by atoms with Gasteiger partial charge in [-0.2, -0.15) is 5.01 Å². The van der Waals surface area contributed by atoms with E-state index in [-0.39, 0.29) is 12.2 Å². The second-order valence-corrected chi connectivity index (χ2v) is 9.46. The molecule has 2 N–H and O–H groups in total. The van der Waals surface area contributed by atoms with Crippen molar-refractivity contribution in [1.82, 2.24) is 20.7 Å². The molecule has 0 radical (unpaired) electrons. The fourth-order valence-corrected chi connectivity index (χ4v) is 4.90. The van der Waals surface area contributed by atoms with Crippen molar-refractivity contribution < 1.29 is 19.3 Å². The fourth-order valence-electron chi connectivity index (χ4n) is 4.74. The average Bonchev–Trinajstić information content (AvgIpc) is 3.00. The lowest BCUT2D eigenvalue weighted by molar-refractivity contribution is -0.384. The summed E-state index contributed by atoms with van der Waals surface area (Å²) in [4.78, 5) is 52.5. The Morgan fingerprint density at radius 1 is 1.24 bits per heavy atom. The number of piperazine rings is 1. The van der Waals surface area contributed by atoms with Gasteiger partial charge >= 0.3 is 6.03 Å².